The van der Waals surface area contributed by atoms with Crippen molar-refractivity contribution in [1.82, 2.24) is 15.1 Å². The molecule has 1 aromatic rings. The van der Waals surface area contributed by atoms with E-state index in [1.165, 1.54) is 38.5 Å². The van der Waals surface area contributed by atoms with Crippen LogP contribution in [0.4, 0.5) is 5.95 Å². The first-order valence-corrected chi connectivity index (χ1v) is 8.59. The van der Waals surface area contributed by atoms with Crippen LogP contribution >= 0.6 is 0 Å². The topological polar surface area (TPSA) is 153 Å². The van der Waals surface area contributed by atoms with Crippen LogP contribution in [0.15, 0.2) is 0 Å². The van der Waals surface area contributed by atoms with Crippen molar-refractivity contribution in [2.24, 2.45) is 24.8 Å². The van der Waals surface area contributed by atoms with Crippen molar-refractivity contribution in [3.63, 3.8) is 0 Å². The van der Waals surface area contributed by atoms with Gasteiger partial charge in [0.05, 0.1) is 5.10 Å². The highest BCUT2D eigenvalue weighted by molar-refractivity contribution is 5.04. The summed E-state index contributed by atoms with van der Waals surface area (Å²) < 4.78 is 36.0. The highest BCUT2D eigenvalue weighted by Crippen LogP contribution is 2.56. The minimum Gasteiger partial charge on any atom is -0.304 e. The second-order valence-electron chi connectivity index (χ2n) is 6.87. The van der Waals surface area contributed by atoms with Gasteiger partial charge in [-0.25, -0.2) is 18.6 Å². The zero-order valence-electron chi connectivity index (χ0n) is 12.4. The van der Waals surface area contributed by atoms with Crippen LogP contribution in [0.5, 0.6) is 0 Å². The van der Waals surface area contributed by atoms with Gasteiger partial charge in [0.15, 0.2) is 0 Å². The Bertz CT molecular complexity index is 517. The molecule has 0 radical (unpaired) electrons. The summed E-state index contributed by atoms with van der Waals surface area (Å²) >= 11 is 0. The summed E-state index contributed by atoms with van der Waals surface area (Å²) in [6.07, 6.45) is 8.14. The van der Waals surface area contributed by atoms with Crippen LogP contribution in [0.3, 0.4) is 0 Å². The number of aromatic nitrogens is 4. The normalized spacial score (nSPS) is 36.1. The highest BCUT2D eigenvalue weighted by Gasteiger charge is 2.55. The SMILES string of the molecule is Cn1nc(N)[n+](C23CC4CC(CC(C4)C2)C3)n1.[O-][Cl+3]([O-])([O-])[O-]. The maximum atomic E-state index is 8.49. The molecule has 0 spiro atoms. The molecule has 4 aliphatic carbocycles. The molecule has 4 bridgehead atoms. The zero-order chi connectivity index (χ0) is 16.1. The lowest BCUT2D eigenvalue weighted by atomic mass is 9.53. The van der Waals surface area contributed by atoms with E-state index in [1.807, 2.05) is 11.7 Å². The molecule has 0 aromatic carbocycles. The number of tetrazole rings is 1. The van der Waals surface area contributed by atoms with Gasteiger partial charge in [0.2, 0.25) is 0 Å². The summed E-state index contributed by atoms with van der Waals surface area (Å²) in [5.41, 5.74) is 6.23. The van der Waals surface area contributed by atoms with Crippen molar-refractivity contribution in [2.75, 3.05) is 5.73 Å². The van der Waals surface area contributed by atoms with Gasteiger partial charge in [-0.05, 0) is 56.3 Å². The van der Waals surface area contributed by atoms with Gasteiger partial charge in [-0.15, -0.1) is 14.9 Å². The molecule has 124 valence electrons. The van der Waals surface area contributed by atoms with Crippen molar-refractivity contribution in [3.8, 4) is 0 Å². The van der Waals surface area contributed by atoms with Crippen LogP contribution < -0.4 is 29.1 Å². The lowest BCUT2D eigenvalue weighted by Crippen LogP contribution is -2.68. The summed E-state index contributed by atoms with van der Waals surface area (Å²) in [4.78, 5) is 1.61. The quantitative estimate of drug-likeness (QED) is 0.512. The van der Waals surface area contributed by atoms with Crippen LogP contribution in [-0.2, 0) is 12.6 Å². The van der Waals surface area contributed by atoms with E-state index in [0.717, 1.165) is 17.8 Å². The molecule has 0 saturated heterocycles. The van der Waals surface area contributed by atoms with Gasteiger partial charge in [0.1, 0.15) is 12.6 Å². The summed E-state index contributed by atoms with van der Waals surface area (Å²) in [6.45, 7) is 0. The van der Waals surface area contributed by atoms with E-state index in [9.17, 15) is 0 Å². The van der Waals surface area contributed by atoms with E-state index in [-0.39, 0.29) is 5.54 Å². The molecule has 0 amide bonds. The Balaban J connectivity index is 0.000000254. The van der Waals surface area contributed by atoms with Gasteiger partial charge in [-0.3, -0.25) is 0 Å². The number of anilines is 1. The molecule has 5 rings (SSSR count). The van der Waals surface area contributed by atoms with Crippen molar-refractivity contribution in [3.05, 3.63) is 0 Å². The molecule has 0 unspecified atom stereocenters. The maximum Gasteiger partial charge on any atom is 0.396 e. The van der Waals surface area contributed by atoms with E-state index in [0.29, 0.717) is 5.95 Å². The van der Waals surface area contributed by atoms with Crippen LogP contribution in [0.2, 0.25) is 0 Å². The number of hydrogen-bond donors (Lipinski definition) is 1. The fraction of sp³-hybridized carbons (Fsp3) is 0.917. The molecule has 1 aromatic heterocycles. The second-order valence-corrected chi connectivity index (χ2v) is 7.62. The smallest absolute Gasteiger partial charge is 0.304 e. The Morgan fingerprint density at radius 1 is 1.09 bits per heavy atom. The Labute approximate surface area is 130 Å². The molecule has 4 saturated carbocycles. The molecule has 0 atom stereocenters. The number of nitrogens with two attached hydrogens (primary N) is 1. The average Bonchev–Trinajstić information content (AvgIpc) is 2.65. The number of rotatable bonds is 1. The van der Waals surface area contributed by atoms with Gasteiger partial charge in [0, 0.05) is 5.21 Å². The van der Waals surface area contributed by atoms with Gasteiger partial charge >= 0.3 is 5.95 Å². The Hall–Kier alpha value is -1.00. The molecule has 1 heterocycles. The van der Waals surface area contributed by atoms with Gasteiger partial charge < -0.3 is 5.73 Å². The van der Waals surface area contributed by atoms with Crippen molar-refractivity contribution in [1.29, 1.82) is 0 Å². The third-order valence-corrected chi connectivity index (χ3v) is 5.14. The van der Waals surface area contributed by atoms with E-state index < -0.39 is 10.2 Å². The number of hydrogen-bond acceptors (Lipinski definition) is 7. The van der Waals surface area contributed by atoms with Crippen molar-refractivity contribution >= 4 is 5.95 Å². The van der Waals surface area contributed by atoms with Gasteiger partial charge in [-0.1, -0.05) is 4.80 Å². The zero-order valence-corrected chi connectivity index (χ0v) is 13.1. The highest BCUT2D eigenvalue weighted by atomic mass is 35.7. The predicted octanol–water partition coefficient (Wildman–Crippen LogP) is -4.15. The monoisotopic (exact) mass is 333 g/mol. The van der Waals surface area contributed by atoms with E-state index in [4.69, 9.17) is 24.4 Å². The summed E-state index contributed by atoms with van der Waals surface area (Å²) in [7, 11) is -3.09. The number of aryl methyl sites for hydroxylation is 1. The average molecular weight is 334 g/mol. The summed E-state index contributed by atoms with van der Waals surface area (Å²) in [5, 5.41) is 8.71. The van der Waals surface area contributed by atoms with E-state index >= 15 is 0 Å². The molecule has 4 aliphatic rings. The first-order valence-electron chi connectivity index (χ1n) is 7.36. The summed E-state index contributed by atoms with van der Waals surface area (Å²) in [5.74, 6) is 3.33. The molecule has 2 N–H and O–H groups in total. The lowest BCUT2D eigenvalue weighted by Gasteiger charge is -2.54. The summed E-state index contributed by atoms with van der Waals surface area (Å²) in [6, 6.07) is 0. The van der Waals surface area contributed by atoms with Crippen LogP contribution in [0.25, 0.3) is 0 Å². The predicted molar refractivity (Wildman–Crippen MR) is 61.8 cm³/mol. The van der Waals surface area contributed by atoms with Gasteiger partial charge in [0.25, 0.3) is 0 Å². The standard InChI is InChI=1S/C12H20N5.ClHO4/c1-16-14-11(13)17(15-16)12-5-8-2-9(6-12)4-10(3-8)7-12;2-1(3,4)5/h8-10H,2-7H2,1H3,(H2,13,14,15);(H,2,3,4,5)/q+1;/p-1. The molecule has 9 nitrogen and oxygen atoms in total. The fourth-order valence-corrected chi connectivity index (χ4v) is 5.05. The molecular weight excluding hydrogens is 314 g/mol. The number of nitrogen functional groups attached to an aromatic ring is 1. The number of halogens is 1. The largest absolute Gasteiger partial charge is 0.396 e. The first-order chi connectivity index (χ1) is 10.1. The van der Waals surface area contributed by atoms with Crippen molar-refractivity contribution in [2.45, 2.75) is 44.1 Å². The fourth-order valence-electron chi connectivity index (χ4n) is 5.05. The molecule has 4 fully saturated rings. The minimum atomic E-state index is -4.94. The molecule has 22 heavy (non-hydrogen) atoms. The van der Waals surface area contributed by atoms with Crippen LogP contribution in [0.1, 0.15) is 38.5 Å². The Kier molecular flexibility index (Phi) is 3.81. The van der Waals surface area contributed by atoms with Crippen LogP contribution in [0, 0.1) is 28.0 Å². The number of nitrogens with zero attached hydrogens (tertiary/aromatic N) is 4. The lowest BCUT2D eigenvalue weighted by molar-refractivity contribution is -2.00. The van der Waals surface area contributed by atoms with E-state index in [2.05, 4.69) is 10.3 Å². The first kappa shape index (κ1) is 15.9. The molecule has 10 heteroatoms. The van der Waals surface area contributed by atoms with Crippen LogP contribution in [-0.4, -0.2) is 15.1 Å². The third-order valence-electron chi connectivity index (χ3n) is 5.14. The Morgan fingerprint density at radius 2 is 1.50 bits per heavy atom. The van der Waals surface area contributed by atoms with Crippen molar-refractivity contribution < 1.29 is 33.6 Å². The molecule has 0 aliphatic heterocycles. The maximum absolute atomic E-state index is 8.49. The Morgan fingerprint density at radius 3 is 1.82 bits per heavy atom. The third kappa shape index (κ3) is 3.18. The minimum absolute atomic E-state index is 0.201. The molecular formula is C12H20ClN5O4. The second kappa shape index (κ2) is 5.27. The van der Waals surface area contributed by atoms with E-state index in [1.54, 1.807) is 4.80 Å². The van der Waals surface area contributed by atoms with Gasteiger partial charge in [-0.2, -0.15) is 0 Å².